The summed E-state index contributed by atoms with van der Waals surface area (Å²) in [6.07, 6.45) is 6.97. The van der Waals surface area contributed by atoms with Crippen molar-refractivity contribution in [2.24, 2.45) is 0 Å². The van der Waals surface area contributed by atoms with Gasteiger partial charge in [-0.3, -0.25) is 9.48 Å². The van der Waals surface area contributed by atoms with Gasteiger partial charge in [-0.15, -0.1) is 0 Å². The molecule has 0 unspecified atom stereocenters. The summed E-state index contributed by atoms with van der Waals surface area (Å²) in [6, 6.07) is 8.45. The lowest BCUT2D eigenvalue weighted by molar-refractivity contribution is -0.135. The normalized spacial score (nSPS) is 18.4. The Bertz CT molecular complexity index is 627. The van der Waals surface area contributed by atoms with Crippen LogP contribution in [-0.4, -0.2) is 27.1 Å². The lowest BCUT2D eigenvalue weighted by atomic mass is 9.95. The minimum absolute atomic E-state index is 0.00503. The van der Waals surface area contributed by atoms with Crippen molar-refractivity contribution in [2.45, 2.75) is 38.3 Å². The molecule has 1 aromatic heterocycles. The van der Waals surface area contributed by atoms with Gasteiger partial charge in [-0.05, 0) is 43.0 Å². The lowest BCUT2D eigenvalue weighted by Gasteiger charge is -2.36. The van der Waals surface area contributed by atoms with Crippen LogP contribution in [0.3, 0.4) is 0 Å². The van der Waals surface area contributed by atoms with Crippen molar-refractivity contribution >= 4 is 5.91 Å². The van der Waals surface area contributed by atoms with Crippen molar-refractivity contribution in [2.75, 3.05) is 6.54 Å². The smallest absolute Gasteiger partial charge is 0.224 e. The van der Waals surface area contributed by atoms with Gasteiger partial charge in [0.15, 0.2) is 0 Å². The third kappa shape index (κ3) is 3.35. The summed E-state index contributed by atoms with van der Waals surface area (Å²) < 4.78 is 15.2. The monoisotopic (exact) mass is 301 g/mol. The predicted molar refractivity (Wildman–Crippen MR) is 81.5 cm³/mol. The van der Waals surface area contributed by atoms with Crippen LogP contribution in [0.5, 0.6) is 0 Å². The van der Waals surface area contributed by atoms with Gasteiger partial charge in [0.25, 0.3) is 0 Å². The molecule has 2 heterocycles. The van der Waals surface area contributed by atoms with E-state index in [1.807, 2.05) is 23.2 Å². The highest BCUT2D eigenvalue weighted by molar-refractivity contribution is 5.76. The molecule has 1 fully saturated rings. The average molecular weight is 301 g/mol. The number of benzene rings is 1. The van der Waals surface area contributed by atoms with E-state index < -0.39 is 0 Å². The Morgan fingerprint density at radius 1 is 1.32 bits per heavy atom. The number of aryl methyl sites for hydroxylation is 1. The maximum absolute atomic E-state index is 13.5. The quantitative estimate of drug-likeness (QED) is 0.870. The maximum Gasteiger partial charge on any atom is 0.224 e. The van der Waals surface area contributed by atoms with E-state index in [9.17, 15) is 9.18 Å². The molecule has 2 aromatic rings. The number of carbonyl (C=O) groups excluding carboxylic acids is 1. The molecule has 1 saturated heterocycles. The van der Waals surface area contributed by atoms with Crippen molar-refractivity contribution in [1.29, 1.82) is 0 Å². The van der Waals surface area contributed by atoms with Gasteiger partial charge in [0.1, 0.15) is 5.82 Å². The van der Waals surface area contributed by atoms with Crippen LogP contribution in [0.15, 0.2) is 42.7 Å². The molecule has 1 atom stereocenters. The maximum atomic E-state index is 13.5. The Hall–Kier alpha value is -2.17. The SMILES string of the molecule is O=C(CCn1cccn1)N1CCCC[C@@H]1c1cccc(F)c1. The molecular formula is C17H20FN3O. The molecule has 5 heteroatoms. The van der Waals surface area contributed by atoms with E-state index in [0.717, 1.165) is 31.4 Å². The summed E-state index contributed by atoms with van der Waals surface area (Å²) in [4.78, 5) is 14.5. The number of hydrogen-bond donors (Lipinski definition) is 0. The Balaban J connectivity index is 1.70. The third-order valence-corrected chi connectivity index (χ3v) is 4.17. The zero-order chi connectivity index (χ0) is 15.4. The van der Waals surface area contributed by atoms with Gasteiger partial charge in [0.05, 0.1) is 6.04 Å². The Morgan fingerprint density at radius 2 is 2.23 bits per heavy atom. The molecule has 0 spiro atoms. The summed E-state index contributed by atoms with van der Waals surface area (Å²) >= 11 is 0. The van der Waals surface area contributed by atoms with Gasteiger partial charge < -0.3 is 4.90 Å². The second kappa shape index (κ2) is 6.73. The summed E-state index contributed by atoms with van der Waals surface area (Å²) in [5.41, 5.74) is 0.895. The highest BCUT2D eigenvalue weighted by atomic mass is 19.1. The molecule has 22 heavy (non-hydrogen) atoms. The fourth-order valence-electron chi connectivity index (χ4n) is 3.08. The molecule has 1 aromatic carbocycles. The van der Waals surface area contributed by atoms with Crippen LogP contribution in [0.25, 0.3) is 0 Å². The van der Waals surface area contributed by atoms with Crippen LogP contribution in [0, 0.1) is 5.82 Å². The van der Waals surface area contributed by atoms with E-state index in [2.05, 4.69) is 5.10 Å². The molecule has 3 rings (SSSR count). The van der Waals surface area contributed by atoms with E-state index in [-0.39, 0.29) is 17.8 Å². The number of hydrogen-bond acceptors (Lipinski definition) is 2. The van der Waals surface area contributed by atoms with Crippen molar-refractivity contribution in [3.8, 4) is 0 Å². The largest absolute Gasteiger partial charge is 0.336 e. The molecule has 1 aliphatic heterocycles. The van der Waals surface area contributed by atoms with Gasteiger partial charge in [0, 0.05) is 31.9 Å². The molecule has 0 radical (unpaired) electrons. The second-order valence-corrected chi connectivity index (χ2v) is 5.67. The Kier molecular flexibility index (Phi) is 4.51. The van der Waals surface area contributed by atoms with E-state index in [4.69, 9.17) is 0 Å². The van der Waals surface area contributed by atoms with Crippen LogP contribution < -0.4 is 0 Å². The molecule has 0 N–H and O–H groups in total. The van der Waals surface area contributed by atoms with E-state index in [1.54, 1.807) is 23.0 Å². The number of aromatic nitrogens is 2. The van der Waals surface area contributed by atoms with E-state index >= 15 is 0 Å². The zero-order valence-electron chi connectivity index (χ0n) is 12.5. The second-order valence-electron chi connectivity index (χ2n) is 5.67. The topological polar surface area (TPSA) is 38.1 Å². The fourth-order valence-corrected chi connectivity index (χ4v) is 3.08. The summed E-state index contributed by atoms with van der Waals surface area (Å²) in [5, 5.41) is 4.12. The van der Waals surface area contributed by atoms with Crippen molar-refractivity contribution < 1.29 is 9.18 Å². The number of halogens is 1. The first kappa shape index (κ1) is 14.8. The van der Waals surface area contributed by atoms with Crippen LogP contribution >= 0.6 is 0 Å². The van der Waals surface area contributed by atoms with Crippen LogP contribution in [-0.2, 0) is 11.3 Å². The van der Waals surface area contributed by atoms with E-state index in [1.165, 1.54) is 6.07 Å². The number of piperidine rings is 1. The van der Waals surface area contributed by atoms with E-state index in [0.29, 0.717) is 13.0 Å². The minimum Gasteiger partial charge on any atom is -0.336 e. The molecule has 116 valence electrons. The molecular weight excluding hydrogens is 281 g/mol. The average Bonchev–Trinajstić information content (AvgIpc) is 3.06. The first-order valence-electron chi connectivity index (χ1n) is 7.76. The van der Waals surface area contributed by atoms with Gasteiger partial charge >= 0.3 is 0 Å². The van der Waals surface area contributed by atoms with Crippen molar-refractivity contribution in [1.82, 2.24) is 14.7 Å². The molecule has 1 amide bonds. The van der Waals surface area contributed by atoms with Crippen LogP contribution in [0.4, 0.5) is 4.39 Å². The fraction of sp³-hybridized carbons (Fsp3) is 0.412. The van der Waals surface area contributed by atoms with Crippen LogP contribution in [0.2, 0.25) is 0 Å². The summed E-state index contributed by atoms with van der Waals surface area (Å²) in [6.45, 7) is 1.33. The summed E-state index contributed by atoms with van der Waals surface area (Å²) in [7, 11) is 0. The van der Waals surface area contributed by atoms with Gasteiger partial charge in [-0.2, -0.15) is 5.10 Å². The molecule has 0 saturated carbocycles. The van der Waals surface area contributed by atoms with Crippen molar-refractivity contribution in [3.63, 3.8) is 0 Å². The lowest BCUT2D eigenvalue weighted by Crippen LogP contribution is -2.38. The minimum atomic E-state index is -0.244. The molecule has 0 bridgehead atoms. The summed E-state index contributed by atoms with van der Waals surface area (Å²) in [5.74, 6) is -0.128. The molecule has 4 nitrogen and oxygen atoms in total. The van der Waals surface area contributed by atoms with Gasteiger partial charge in [-0.25, -0.2) is 4.39 Å². The standard InChI is InChI=1S/C17H20FN3O/c18-15-6-3-5-14(13-15)16-7-1-2-11-21(16)17(22)8-12-20-10-4-9-19-20/h3-6,9-10,13,16H,1-2,7-8,11-12H2/t16-/m1/s1. The van der Waals surface area contributed by atoms with Crippen LogP contribution in [0.1, 0.15) is 37.3 Å². The number of likely N-dealkylation sites (tertiary alicyclic amines) is 1. The number of rotatable bonds is 4. The Morgan fingerprint density at radius 3 is 3.00 bits per heavy atom. The highest BCUT2D eigenvalue weighted by Crippen LogP contribution is 2.31. The zero-order valence-corrected chi connectivity index (χ0v) is 12.5. The number of carbonyl (C=O) groups is 1. The molecule has 0 aliphatic carbocycles. The first-order valence-corrected chi connectivity index (χ1v) is 7.76. The van der Waals surface area contributed by atoms with Gasteiger partial charge in [0.2, 0.25) is 5.91 Å². The Labute approximate surface area is 129 Å². The molecule has 1 aliphatic rings. The third-order valence-electron chi connectivity index (χ3n) is 4.17. The highest BCUT2D eigenvalue weighted by Gasteiger charge is 2.27. The first-order chi connectivity index (χ1) is 10.7. The number of nitrogens with zero attached hydrogens (tertiary/aromatic N) is 3. The van der Waals surface area contributed by atoms with Gasteiger partial charge in [-0.1, -0.05) is 12.1 Å². The number of amides is 1. The van der Waals surface area contributed by atoms with Crippen molar-refractivity contribution in [3.05, 3.63) is 54.1 Å². The predicted octanol–water partition coefficient (Wildman–Crippen LogP) is 3.17.